The monoisotopic (exact) mass is 2200 g/mol. The van der Waals surface area contributed by atoms with Gasteiger partial charge in [0.15, 0.2) is 0 Å². The Balaban J connectivity index is 0.000000242. The fourth-order valence-corrected chi connectivity index (χ4v) is 39.2. The van der Waals surface area contributed by atoms with E-state index >= 15 is 0 Å². The van der Waals surface area contributed by atoms with Crippen molar-refractivity contribution < 1.29 is 113 Å². The predicted octanol–water partition coefficient (Wildman–Crippen LogP) is 23.9. The van der Waals surface area contributed by atoms with Crippen LogP contribution in [0.5, 0.6) is 0 Å². The van der Waals surface area contributed by atoms with E-state index in [4.69, 9.17) is 30.2 Å². The van der Waals surface area contributed by atoms with Crippen LogP contribution in [0.3, 0.4) is 0 Å². The Bertz CT molecular complexity index is 4290. The molecule has 860 valence electrons. The van der Waals surface area contributed by atoms with E-state index in [2.05, 4.69) is 92.1 Å². The Morgan fingerprint density at radius 2 is 0.725 bits per heavy atom. The van der Waals surface area contributed by atoms with Gasteiger partial charge in [0, 0.05) is 73.0 Å². The van der Waals surface area contributed by atoms with Gasteiger partial charge in [-0.1, -0.05) is 98.9 Å². The first-order valence-electron chi connectivity index (χ1n) is 58.7. The van der Waals surface area contributed by atoms with E-state index in [1.165, 1.54) is 226 Å². The number of esters is 3. The SMILES string of the molecule is C.C.C.C.C#CC(=O)OC.C1CCOC1.CC(C)(O)CCO[C@H]1CC[C@H]2[C@@H]3CC[C@H]4C[C@@](C)(O)CC[C@]4(C)[C@H]3CC[C@]12C.CO.COC(=O)/C=C/O[C@H]1CC[C@H]2[C@@H]3CC[C@H]4C[C@@](C)(O)CC[C@]4(C)[C@H]3CC[C@]12C.COC(=O)CCO[C@H]1CC[C@H]2[C@@H]3CC[C@H]4C[C@@](C)(O)CC[C@]4(C)[C@H]3CC[C@]12C.C[C@]1(O)CC[C@@]2(C)[C@@H](CC[C@@H]3[C@@H]2CC[C@]2(C)C(=O)CC[C@@H]32)C1.C[C@]1(O)CC[C@@]2(C)[C@@H](CC[C@@H]3[C@@H]2CC[C@]2(C)[C@@H](O)CC[C@@H]32)C1.[3H]NI.[CH3-].[Li+]. The van der Waals surface area contributed by atoms with Crippen LogP contribution >= 0.6 is 22.9 Å². The van der Waals surface area contributed by atoms with Crippen LogP contribution in [0.4, 0.5) is 0 Å². The third-order valence-corrected chi connectivity index (χ3v) is 47.8. The summed E-state index contributed by atoms with van der Waals surface area (Å²) in [5.74, 6) is 16.5. The van der Waals surface area contributed by atoms with E-state index in [9.17, 15) is 54.9 Å². The minimum atomic E-state index is -0.633. The van der Waals surface area contributed by atoms with Crippen molar-refractivity contribution in [2.75, 3.05) is 54.9 Å². The first kappa shape index (κ1) is 132. The minimum absolute atomic E-state index is 0. The number of hydrogen-bond donors (Lipinski definition) is 9. The van der Waals surface area contributed by atoms with Gasteiger partial charge in [0.2, 0.25) is 0 Å². The number of terminal acetylenes is 1. The number of ether oxygens (including phenoxy) is 7. The van der Waals surface area contributed by atoms with Gasteiger partial charge in [0.25, 0.3) is 0 Å². The van der Waals surface area contributed by atoms with Crippen LogP contribution in [-0.4, -0.2) is 177 Å². The molecule has 0 radical (unpaired) electrons. The van der Waals surface area contributed by atoms with E-state index in [1.54, 1.807) is 35.0 Å². The summed E-state index contributed by atoms with van der Waals surface area (Å²) < 4.78 is 45.0. The second kappa shape index (κ2) is 52.9. The van der Waals surface area contributed by atoms with Crippen molar-refractivity contribution in [1.82, 2.24) is 0 Å². The summed E-state index contributed by atoms with van der Waals surface area (Å²) in [5.41, 5.74) is 0.262. The number of ketones is 1. The smallest absolute Gasteiger partial charge is 0.497 e. The molecule has 1 heterocycles. The molecule has 20 nitrogen and oxygen atoms in total. The number of Topliss-reactive ketones (excluding diaryl/α,β-unsaturated/α-hetero) is 1. The van der Waals surface area contributed by atoms with E-state index in [0.29, 0.717) is 106 Å². The Labute approximate surface area is 936 Å². The molecule has 0 aromatic carbocycles. The van der Waals surface area contributed by atoms with E-state index in [-0.39, 0.29) is 102 Å². The van der Waals surface area contributed by atoms with Gasteiger partial charge in [-0.15, -0.1) is 6.42 Å². The van der Waals surface area contributed by atoms with E-state index < -0.39 is 39.6 Å². The van der Waals surface area contributed by atoms with Gasteiger partial charge in [-0.25, -0.2) is 9.59 Å². The Kier molecular flexibility index (Phi) is 46.9. The average molecular weight is 2210 g/mol. The second-order valence-electron chi connectivity index (χ2n) is 56.2. The zero-order valence-corrected chi connectivity index (χ0v) is 97.7. The van der Waals surface area contributed by atoms with Gasteiger partial charge in [-0.3, -0.25) is 13.5 Å². The first-order chi connectivity index (χ1) is 67.6. The van der Waals surface area contributed by atoms with Crippen LogP contribution in [0.2, 0.25) is 1.41 Å². The molecule has 0 amide bonds. The van der Waals surface area contributed by atoms with Crippen LogP contribution in [0.15, 0.2) is 12.3 Å². The number of rotatable bonds is 11. The van der Waals surface area contributed by atoms with Crippen molar-refractivity contribution >= 4 is 46.6 Å². The maximum Gasteiger partial charge on any atom is 1.00 e. The predicted molar refractivity (Wildman–Crippen MR) is 606 cm³/mol. The van der Waals surface area contributed by atoms with Gasteiger partial charge in [0.05, 0.1) is 98.6 Å². The normalized spacial score (nSPS) is 47.4. The zero-order valence-electron chi connectivity index (χ0n) is 96.5. The van der Waals surface area contributed by atoms with Gasteiger partial charge in [-0.2, -0.15) is 0 Å². The molecule has 0 bridgehead atoms. The molecule has 21 aliphatic rings. The molecule has 0 aromatic rings. The summed E-state index contributed by atoms with van der Waals surface area (Å²) in [6.45, 7) is 41.9. The van der Waals surface area contributed by atoms with Gasteiger partial charge in [-0.05, 0) is 512 Å². The van der Waals surface area contributed by atoms with Crippen molar-refractivity contribution in [3.63, 3.8) is 0 Å². The number of fused-ring (bicyclic) bond motifs is 25. The molecule has 0 aromatic heterocycles. The molecule has 20 saturated carbocycles. The Morgan fingerprint density at radius 3 is 1.03 bits per heavy atom. The van der Waals surface area contributed by atoms with Crippen molar-refractivity contribution in [3.8, 4) is 12.3 Å². The maximum absolute atomic E-state index is 12.4. The number of carbonyl (C=O) groups excluding carboxylic acids is 4. The summed E-state index contributed by atoms with van der Waals surface area (Å²) in [7, 11) is 5.07. The Morgan fingerprint density at radius 1 is 0.423 bits per heavy atom. The number of nitrogens with two attached hydrogens (primary N) is 1. The third kappa shape index (κ3) is 27.8. The molecule has 10 N–H and O–H groups in total. The van der Waals surface area contributed by atoms with Gasteiger partial charge in [0.1, 0.15) is 13.3 Å². The number of methoxy groups -OCH3 is 3. The Hall–Kier alpha value is -1.97. The molecular weight excluding hydrogens is 1980 g/mol. The quantitative estimate of drug-likeness (QED) is 0.00887. The summed E-state index contributed by atoms with van der Waals surface area (Å²) in [6.07, 6.45) is 65.0. The van der Waals surface area contributed by atoms with Gasteiger partial charge >= 0.3 is 36.8 Å². The number of hydrogen-bond acceptors (Lipinski definition) is 20. The molecular formula is C127H225ILiNO19. The number of aliphatic hydroxyl groups excluding tert-OH is 2. The molecule has 22 heteroatoms. The van der Waals surface area contributed by atoms with E-state index in [1.807, 2.05) is 45.5 Å². The molecule has 0 spiro atoms. The summed E-state index contributed by atoms with van der Waals surface area (Å²) >= 11 is 1.70. The van der Waals surface area contributed by atoms with Crippen molar-refractivity contribution in [2.24, 2.45) is 176 Å². The molecule has 20 aliphatic carbocycles. The molecule has 21 fully saturated rings. The largest absolute Gasteiger partial charge is 1.00 e. The topological polar surface area (TPSA) is 321 Å². The van der Waals surface area contributed by atoms with Gasteiger partial charge < -0.3 is 81.4 Å². The third-order valence-electron chi connectivity index (χ3n) is 47.8. The zero-order chi connectivity index (χ0) is 105. The summed E-state index contributed by atoms with van der Waals surface area (Å²) in [6, 6.07) is 0. The summed E-state index contributed by atoms with van der Waals surface area (Å²) in [5, 5.41) is 80.5. The number of halogens is 1. The molecule has 21 rings (SSSR count). The maximum atomic E-state index is 12.4. The van der Waals surface area contributed by atoms with Crippen molar-refractivity contribution in [2.45, 2.75) is 520 Å². The number of carbonyl (C=O) groups is 4. The van der Waals surface area contributed by atoms with E-state index in [0.717, 1.165) is 212 Å². The van der Waals surface area contributed by atoms with Crippen LogP contribution in [0.1, 0.15) is 462 Å². The fourth-order valence-electron chi connectivity index (χ4n) is 39.2. The molecule has 0 unspecified atom stereocenters. The van der Waals surface area contributed by atoms with Crippen molar-refractivity contribution in [3.05, 3.63) is 19.8 Å². The van der Waals surface area contributed by atoms with Crippen LogP contribution < -0.4 is 22.8 Å². The van der Waals surface area contributed by atoms with Crippen LogP contribution in [0, 0.1) is 192 Å². The summed E-state index contributed by atoms with van der Waals surface area (Å²) in [4.78, 5) is 44.9. The first-order valence-corrected chi connectivity index (χ1v) is 59.3. The molecule has 1 aliphatic heterocycles. The minimum Gasteiger partial charge on any atom is -0.497 e. The van der Waals surface area contributed by atoms with Crippen LogP contribution in [-0.2, 0) is 52.3 Å². The average Bonchev–Trinajstić information content (AvgIpc) is 1.47. The molecule has 149 heavy (non-hydrogen) atoms. The standard InChI is InChI=1S/C25H44O3.C24H40O4.C24H38O4.C20H34O2.C20H32O2.C4H4O2.C4H8O.CH4O.4CH4.CH3.H2IN.Li/c1-22(2,26)14-15-28-21-9-8-19-18-7-6-17-16-23(3,27)12-13-24(17,4)20(18)10-11-25(19,21)5;2*1-22(26)12-13-23(2)16(15-22)5-6-17-18-7-8-20(28-14-10-21(25)27-4)24(18,3)11-9-19(17)23;2*1-18(22)10-11-19(2)13(12-18)4-5-14-15-6-7-17(21)20(15,3)9-8-16(14)19;1-3-4(5)6-2;1-2-4-5-3-1;1-2;;;;;;1-2;/h17-21,26-27H,6-16H2,1-5H3;16-20,26H,5-15H2,1-4H3;10,14,16-20,26H,5-9,11-13,15H2,1-4H3;13-17,21-22H,4-12H2,1-3H3;13-16,22H,4-12H2,1-3H3;1H,2H3;1-4H2;2H,1H3;4*1H4;1H3;2H2;/q;;;;;;;;;;;;-1;;+1/b;;14-10+;;;;;;;;;;;;/t17-,18-,19-,20-,21-,23-,24-,25-;2*16-,17-,18-,19-,20-,22-,23-,24-;13-,14-,15-,16-,17-,18-,19-,20-;13-,14-,15-,16-,18-,19-,20-;;;;;;;;;;/m00000........../s1/i/hT. The molecule has 39 atom stereocenters. The second-order valence-corrected chi connectivity index (χ2v) is 56.2. The molecule has 1 saturated heterocycles. The van der Waals surface area contributed by atoms with Crippen LogP contribution in [0.25, 0.3) is 0 Å². The number of aliphatic hydroxyl groups is 8. The fraction of sp³-hybridized carbons (Fsp3) is 0.929. The van der Waals surface area contributed by atoms with Crippen molar-refractivity contribution in [1.29, 1.82) is 0 Å².